The van der Waals surface area contributed by atoms with Crippen molar-refractivity contribution in [2.75, 3.05) is 0 Å². The number of unbranched alkanes of at least 4 members (excludes halogenated alkanes) is 5. The van der Waals surface area contributed by atoms with E-state index in [2.05, 4.69) is 11.9 Å². The normalized spacial score (nSPS) is 10.6. The minimum absolute atomic E-state index is 0.385. The van der Waals surface area contributed by atoms with Crippen LogP contribution < -0.4 is 5.73 Å². The fraction of sp³-hybridized carbons (Fsp3) is 0.667. The molecule has 0 spiro atoms. The standard InChI is InChI=1S/C12H21N3S/c1-2-3-4-5-6-7-9-15-10-8-14-12(15)11(13)16/h8,10H,2-7,9H2,1H3,(H2,13,16). The number of rotatable bonds is 8. The van der Waals surface area contributed by atoms with Crippen LogP contribution in [0.3, 0.4) is 0 Å². The highest BCUT2D eigenvalue weighted by Gasteiger charge is 2.04. The van der Waals surface area contributed by atoms with Gasteiger partial charge < -0.3 is 10.3 Å². The lowest BCUT2D eigenvalue weighted by Crippen LogP contribution is -2.16. The van der Waals surface area contributed by atoms with Crippen LogP contribution in [0.2, 0.25) is 0 Å². The summed E-state index contributed by atoms with van der Waals surface area (Å²) in [7, 11) is 0. The molecule has 1 aromatic rings. The number of imidazole rings is 1. The molecule has 0 radical (unpaired) electrons. The van der Waals surface area contributed by atoms with E-state index in [0.29, 0.717) is 4.99 Å². The van der Waals surface area contributed by atoms with Crippen molar-refractivity contribution in [3.63, 3.8) is 0 Å². The van der Waals surface area contributed by atoms with Crippen molar-refractivity contribution >= 4 is 17.2 Å². The van der Waals surface area contributed by atoms with Gasteiger partial charge in [0, 0.05) is 18.9 Å². The molecule has 0 saturated heterocycles. The minimum Gasteiger partial charge on any atom is -0.387 e. The zero-order valence-electron chi connectivity index (χ0n) is 9.98. The molecule has 0 aromatic carbocycles. The Balaban J connectivity index is 2.21. The Morgan fingerprint density at radius 3 is 2.69 bits per heavy atom. The molecule has 3 nitrogen and oxygen atoms in total. The highest BCUT2D eigenvalue weighted by atomic mass is 32.1. The molecular weight excluding hydrogens is 218 g/mol. The molecule has 0 atom stereocenters. The van der Waals surface area contributed by atoms with E-state index in [1.807, 2.05) is 10.8 Å². The molecule has 0 aliphatic rings. The van der Waals surface area contributed by atoms with Crippen molar-refractivity contribution < 1.29 is 0 Å². The van der Waals surface area contributed by atoms with Crippen molar-refractivity contribution in [2.24, 2.45) is 5.73 Å². The summed E-state index contributed by atoms with van der Waals surface area (Å²) in [5.74, 6) is 0.739. The molecule has 0 amide bonds. The fourth-order valence-corrected chi connectivity index (χ4v) is 1.95. The van der Waals surface area contributed by atoms with Gasteiger partial charge in [0.1, 0.15) is 4.99 Å². The van der Waals surface area contributed by atoms with E-state index in [1.165, 1.54) is 38.5 Å². The third-order valence-corrected chi connectivity index (χ3v) is 2.87. The van der Waals surface area contributed by atoms with E-state index < -0.39 is 0 Å². The van der Waals surface area contributed by atoms with Crippen LogP contribution in [-0.4, -0.2) is 14.5 Å². The third-order valence-electron chi connectivity index (χ3n) is 2.69. The highest BCUT2D eigenvalue weighted by molar-refractivity contribution is 7.80. The van der Waals surface area contributed by atoms with Gasteiger partial charge in [0.05, 0.1) is 0 Å². The Labute approximate surface area is 103 Å². The van der Waals surface area contributed by atoms with Crippen LogP contribution in [0, 0.1) is 0 Å². The van der Waals surface area contributed by atoms with Gasteiger partial charge in [-0.15, -0.1) is 0 Å². The van der Waals surface area contributed by atoms with E-state index >= 15 is 0 Å². The average Bonchev–Trinajstić information content (AvgIpc) is 2.71. The lowest BCUT2D eigenvalue weighted by Gasteiger charge is -2.06. The lowest BCUT2D eigenvalue weighted by molar-refractivity contribution is 0.556. The summed E-state index contributed by atoms with van der Waals surface area (Å²) in [6, 6.07) is 0. The molecule has 4 heteroatoms. The molecule has 0 aliphatic carbocycles. The monoisotopic (exact) mass is 239 g/mol. The predicted octanol–water partition coefficient (Wildman–Crippen LogP) is 2.88. The van der Waals surface area contributed by atoms with Crippen molar-refractivity contribution in [1.29, 1.82) is 0 Å². The number of thiocarbonyl (C=S) groups is 1. The number of nitrogens with zero attached hydrogens (tertiary/aromatic N) is 2. The number of nitrogens with two attached hydrogens (primary N) is 1. The summed E-state index contributed by atoms with van der Waals surface area (Å²) in [6.07, 6.45) is 11.5. The maximum atomic E-state index is 5.58. The second kappa shape index (κ2) is 7.39. The van der Waals surface area contributed by atoms with E-state index in [-0.39, 0.29) is 0 Å². The first-order valence-electron chi connectivity index (χ1n) is 6.06. The van der Waals surface area contributed by atoms with Crippen LogP contribution in [-0.2, 0) is 6.54 Å². The molecule has 0 saturated carbocycles. The summed E-state index contributed by atoms with van der Waals surface area (Å²) in [5, 5.41) is 0. The summed E-state index contributed by atoms with van der Waals surface area (Å²) < 4.78 is 2.04. The SMILES string of the molecule is CCCCCCCCn1ccnc1C(N)=S. The molecule has 1 aromatic heterocycles. The topological polar surface area (TPSA) is 43.8 Å². The van der Waals surface area contributed by atoms with Gasteiger partial charge in [-0.1, -0.05) is 51.2 Å². The molecule has 16 heavy (non-hydrogen) atoms. The van der Waals surface area contributed by atoms with Gasteiger partial charge in [-0.05, 0) is 6.42 Å². The first-order valence-corrected chi connectivity index (χ1v) is 6.47. The van der Waals surface area contributed by atoms with Crippen molar-refractivity contribution in [1.82, 2.24) is 9.55 Å². The zero-order chi connectivity index (χ0) is 11.8. The fourth-order valence-electron chi connectivity index (χ4n) is 1.78. The van der Waals surface area contributed by atoms with Gasteiger partial charge in [0.2, 0.25) is 0 Å². The van der Waals surface area contributed by atoms with Crippen LogP contribution in [0.4, 0.5) is 0 Å². The Kier molecular flexibility index (Phi) is 6.08. The number of aryl methyl sites for hydroxylation is 1. The first-order chi connectivity index (χ1) is 7.75. The van der Waals surface area contributed by atoms with Crippen molar-refractivity contribution in [3.05, 3.63) is 18.2 Å². The third kappa shape index (κ3) is 4.31. The van der Waals surface area contributed by atoms with Gasteiger partial charge in [0.25, 0.3) is 0 Å². The minimum atomic E-state index is 0.385. The van der Waals surface area contributed by atoms with Gasteiger partial charge in [0.15, 0.2) is 5.82 Å². The highest BCUT2D eigenvalue weighted by Crippen LogP contribution is 2.07. The molecule has 0 aliphatic heterocycles. The van der Waals surface area contributed by atoms with E-state index in [0.717, 1.165) is 12.4 Å². The Bertz CT molecular complexity index is 320. The molecule has 0 unspecified atom stereocenters. The second-order valence-corrected chi connectivity index (χ2v) is 4.52. The Morgan fingerprint density at radius 1 is 1.31 bits per heavy atom. The lowest BCUT2D eigenvalue weighted by atomic mass is 10.1. The van der Waals surface area contributed by atoms with Crippen LogP contribution in [0.5, 0.6) is 0 Å². The van der Waals surface area contributed by atoms with Crippen LogP contribution in [0.25, 0.3) is 0 Å². The summed E-state index contributed by atoms with van der Waals surface area (Å²) in [5.41, 5.74) is 5.58. The largest absolute Gasteiger partial charge is 0.387 e. The Hall–Kier alpha value is -0.900. The van der Waals surface area contributed by atoms with Gasteiger partial charge in [-0.25, -0.2) is 4.98 Å². The number of hydrogen-bond donors (Lipinski definition) is 1. The molecule has 90 valence electrons. The van der Waals surface area contributed by atoms with Crippen LogP contribution in [0.1, 0.15) is 51.3 Å². The maximum absolute atomic E-state index is 5.58. The molecule has 0 fully saturated rings. The van der Waals surface area contributed by atoms with E-state index in [1.54, 1.807) is 6.20 Å². The van der Waals surface area contributed by atoms with Gasteiger partial charge in [-0.2, -0.15) is 0 Å². The average molecular weight is 239 g/mol. The summed E-state index contributed by atoms with van der Waals surface area (Å²) in [6.45, 7) is 3.21. The molecule has 1 heterocycles. The molecule has 1 rings (SSSR count). The van der Waals surface area contributed by atoms with Crippen LogP contribution >= 0.6 is 12.2 Å². The van der Waals surface area contributed by atoms with Gasteiger partial charge >= 0.3 is 0 Å². The van der Waals surface area contributed by atoms with Crippen molar-refractivity contribution in [3.8, 4) is 0 Å². The van der Waals surface area contributed by atoms with Crippen LogP contribution in [0.15, 0.2) is 12.4 Å². The number of hydrogen-bond acceptors (Lipinski definition) is 2. The van der Waals surface area contributed by atoms with Gasteiger partial charge in [-0.3, -0.25) is 0 Å². The predicted molar refractivity (Wildman–Crippen MR) is 71.5 cm³/mol. The quantitative estimate of drug-likeness (QED) is 0.560. The first kappa shape index (κ1) is 13.2. The van der Waals surface area contributed by atoms with E-state index in [9.17, 15) is 0 Å². The van der Waals surface area contributed by atoms with E-state index in [4.69, 9.17) is 18.0 Å². The second-order valence-electron chi connectivity index (χ2n) is 4.08. The maximum Gasteiger partial charge on any atom is 0.167 e. The molecular formula is C12H21N3S. The smallest absolute Gasteiger partial charge is 0.167 e. The molecule has 0 bridgehead atoms. The zero-order valence-corrected chi connectivity index (χ0v) is 10.8. The summed E-state index contributed by atoms with van der Waals surface area (Å²) >= 11 is 4.93. The van der Waals surface area contributed by atoms with Crippen molar-refractivity contribution in [2.45, 2.75) is 52.0 Å². The Morgan fingerprint density at radius 2 is 2.00 bits per heavy atom. The molecule has 2 N–H and O–H groups in total. The number of aromatic nitrogens is 2. The summed E-state index contributed by atoms with van der Waals surface area (Å²) in [4.78, 5) is 4.53.